The van der Waals surface area contributed by atoms with Crippen LogP contribution in [-0.4, -0.2) is 23.0 Å². The second-order valence-corrected chi connectivity index (χ2v) is 6.24. The van der Waals surface area contributed by atoms with Crippen LogP contribution in [0.1, 0.15) is 12.5 Å². The van der Waals surface area contributed by atoms with Gasteiger partial charge in [0.05, 0.1) is 17.1 Å². The second kappa shape index (κ2) is 7.25. The molecule has 133 valence electrons. The molecule has 0 aliphatic rings. The number of hydrogen-bond donors (Lipinski definition) is 1. The van der Waals surface area contributed by atoms with Crippen LogP contribution in [0.2, 0.25) is 0 Å². The van der Waals surface area contributed by atoms with E-state index < -0.39 is 11.8 Å². The van der Waals surface area contributed by atoms with Crippen molar-refractivity contribution in [3.63, 3.8) is 0 Å². The van der Waals surface area contributed by atoms with Crippen molar-refractivity contribution in [2.24, 2.45) is 0 Å². The van der Waals surface area contributed by atoms with Gasteiger partial charge >= 0.3 is 5.97 Å². The minimum atomic E-state index is -0.475. The van der Waals surface area contributed by atoms with E-state index in [-0.39, 0.29) is 5.75 Å². The Bertz CT molecular complexity index is 1010. The van der Waals surface area contributed by atoms with Gasteiger partial charge < -0.3 is 14.8 Å². The first-order valence-corrected chi connectivity index (χ1v) is 8.27. The zero-order chi connectivity index (χ0) is 18.8. The molecule has 26 heavy (non-hydrogen) atoms. The molecule has 0 atom stereocenters. The summed E-state index contributed by atoms with van der Waals surface area (Å²) in [7, 11) is 1.47. The van der Waals surface area contributed by atoms with Gasteiger partial charge in [0, 0.05) is 24.1 Å². The molecule has 1 radical (unpaired) electrons. The highest BCUT2D eigenvalue weighted by molar-refractivity contribution is 9.10. The molecule has 0 aliphatic heterocycles. The van der Waals surface area contributed by atoms with Gasteiger partial charge in [0.2, 0.25) is 0 Å². The molecular formula is C18H14BrFN3O3. The van der Waals surface area contributed by atoms with Crippen LogP contribution < -0.4 is 14.8 Å². The molecule has 0 saturated heterocycles. The Kier molecular flexibility index (Phi) is 5.03. The molecule has 0 amide bonds. The summed E-state index contributed by atoms with van der Waals surface area (Å²) in [5.41, 5.74) is 1.62. The summed E-state index contributed by atoms with van der Waals surface area (Å²) < 4.78 is 24.3. The molecule has 1 N–H and O–H groups in total. The lowest BCUT2D eigenvalue weighted by atomic mass is 10.1. The number of fused-ring (bicyclic) bond motifs is 1. The van der Waals surface area contributed by atoms with Gasteiger partial charge in [-0.3, -0.25) is 4.79 Å². The number of nitrogens with one attached hydrogen (secondary N) is 1. The Morgan fingerprint density at radius 3 is 2.69 bits per heavy atom. The van der Waals surface area contributed by atoms with Gasteiger partial charge in [-0.15, -0.1) is 0 Å². The summed E-state index contributed by atoms with van der Waals surface area (Å²) in [6.07, 6.45) is 1.39. The number of hydrogen-bond acceptors (Lipinski definition) is 6. The fraction of sp³-hybridized carbons (Fsp3) is 0.111. The summed E-state index contributed by atoms with van der Waals surface area (Å²) in [4.78, 5) is 19.8. The number of aromatic nitrogens is 2. The molecule has 1 heterocycles. The number of esters is 1. The van der Waals surface area contributed by atoms with E-state index in [9.17, 15) is 9.18 Å². The van der Waals surface area contributed by atoms with E-state index in [1.54, 1.807) is 18.2 Å². The Hall–Kier alpha value is -2.74. The highest BCUT2D eigenvalue weighted by Gasteiger charge is 2.14. The molecule has 2 aromatic carbocycles. The number of methoxy groups -OCH3 is 1. The summed E-state index contributed by atoms with van der Waals surface area (Å²) >= 11 is 3.15. The second-order valence-electron chi connectivity index (χ2n) is 5.38. The smallest absolute Gasteiger partial charge is 0.308 e. The predicted molar refractivity (Wildman–Crippen MR) is 99.2 cm³/mol. The number of benzene rings is 2. The molecule has 0 fully saturated rings. The maximum absolute atomic E-state index is 13.6. The van der Waals surface area contributed by atoms with Crippen LogP contribution in [0.4, 0.5) is 15.9 Å². The van der Waals surface area contributed by atoms with Gasteiger partial charge in [-0.1, -0.05) is 0 Å². The molecular weight excluding hydrogens is 405 g/mol. The van der Waals surface area contributed by atoms with Crippen LogP contribution >= 0.6 is 15.9 Å². The average molecular weight is 419 g/mol. The van der Waals surface area contributed by atoms with E-state index in [1.165, 1.54) is 26.4 Å². The molecule has 3 rings (SSSR count). The lowest BCUT2D eigenvalue weighted by Crippen LogP contribution is -2.04. The molecule has 0 spiro atoms. The van der Waals surface area contributed by atoms with E-state index in [4.69, 9.17) is 9.47 Å². The standard InChI is InChI=1S/C18H14BrFN3O3/c1-9-4-13(20)12(19)6-14(9)23-18-11-5-17(26-10(2)24)16(25-3)7-15(11)21-8-22-18/h4-8H,1H2,2-3H3,(H,21,22,23). The Morgan fingerprint density at radius 2 is 2.00 bits per heavy atom. The number of anilines is 2. The highest BCUT2D eigenvalue weighted by Crippen LogP contribution is 2.35. The van der Waals surface area contributed by atoms with Gasteiger partial charge in [-0.05, 0) is 46.6 Å². The van der Waals surface area contributed by atoms with Crippen molar-refractivity contribution in [1.82, 2.24) is 9.97 Å². The first-order valence-electron chi connectivity index (χ1n) is 7.48. The Morgan fingerprint density at radius 1 is 1.23 bits per heavy atom. The van der Waals surface area contributed by atoms with Crippen molar-refractivity contribution in [2.45, 2.75) is 6.92 Å². The molecule has 6 nitrogen and oxygen atoms in total. The van der Waals surface area contributed by atoms with E-state index in [0.717, 1.165) is 0 Å². The number of ether oxygens (including phenoxy) is 2. The van der Waals surface area contributed by atoms with Crippen LogP contribution in [0.3, 0.4) is 0 Å². The number of halogens is 2. The van der Waals surface area contributed by atoms with Crippen LogP contribution in [0.25, 0.3) is 10.9 Å². The maximum Gasteiger partial charge on any atom is 0.308 e. The van der Waals surface area contributed by atoms with E-state index in [1.807, 2.05) is 0 Å². The normalized spacial score (nSPS) is 10.7. The average Bonchev–Trinajstić information content (AvgIpc) is 2.59. The molecule has 0 bridgehead atoms. The number of carbonyl (C=O) groups excluding carboxylic acids is 1. The van der Waals surface area contributed by atoms with Crippen molar-refractivity contribution in [3.8, 4) is 11.5 Å². The van der Waals surface area contributed by atoms with Crippen molar-refractivity contribution in [2.75, 3.05) is 12.4 Å². The van der Waals surface area contributed by atoms with Gasteiger partial charge in [0.15, 0.2) is 11.5 Å². The van der Waals surface area contributed by atoms with Crippen LogP contribution in [0.5, 0.6) is 11.5 Å². The van der Waals surface area contributed by atoms with Crippen LogP contribution in [-0.2, 0) is 4.79 Å². The summed E-state index contributed by atoms with van der Waals surface area (Å²) in [6, 6.07) is 6.14. The largest absolute Gasteiger partial charge is 0.493 e. The van der Waals surface area contributed by atoms with Crippen molar-refractivity contribution in [1.29, 1.82) is 0 Å². The van der Waals surface area contributed by atoms with Crippen molar-refractivity contribution in [3.05, 3.63) is 53.4 Å². The third-order valence-electron chi connectivity index (χ3n) is 3.57. The quantitative estimate of drug-likeness (QED) is 0.500. The Labute approximate surface area is 157 Å². The van der Waals surface area contributed by atoms with E-state index >= 15 is 0 Å². The minimum Gasteiger partial charge on any atom is -0.493 e. The minimum absolute atomic E-state index is 0.250. The fourth-order valence-corrected chi connectivity index (χ4v) is 2.73. The molecule has 1 aromatic heterocycles. The topological polar surface area (TPSA) is 73.3 Å². The van der Waals surface area contributed by atoms with Crippen LogP contribution in [0, 0.1) is 12.7 Å². The van der Waals surface area contributed by atoms with Crippen LogP contribution in [0.15, 0.2) is 35.1 Å². The number of rotatable bonds is 4. The molecule has 0 unspecified atom stereocenters. The third kappa shape index (κ3) is 3.60. The van der Waals surface area contributed by atoms with Gasteiger partial charge in [-0.25, -0.2) is 14.4 Å². The molecule has 3 aromatic rings. The van der Waals surface area contributed by atoms with E-state index in [2.05, 4.69) is 38.1 Å². The third-order valence-corrected chi connectivity index (χ3v) is 4.18. The predicted octanol–water partition coefficient (Wildman–Crippen LogP) is 4.39. The van der Waals surface area contributed by atoms with Gasteiger partial charge in [0.1, 0.15) is 18.0 Å². The highest BCUT2D eigenvalue weighted by atomic mass is 79.9. The SMILES string of the molecule is [CH2]c1cc(F)c(Br)cc1Nc1ncnc2cc(OC)c(OC(C)=O)cc12. The number of carbonyl (C=O) groups is 1. The fourth-order valence-electron chi connectivity index (χ4n) is 2.39. The zero-order valence-corrected chi connectivity index (χ0v) is 15.6. The molecule has 0 saturated carbocycles. The maximum atomic E-state index is 13.6. The lowest BCUT2D eigenvalue weighted by Gasteiger charge is -2.14. The Balaban J connectivity index is 2.11. The summed E-state index contributed by atoms with van der Waals surface area (Å²) in [6.45, 7) is 5.13. The van der Waals surface area contributed by atoms with Gasteiger partial charge in [0.25, 0.3) is 0 Å². The zero-order valence-electron chi connectivity index (χ0n) is 14.0. The van der Waals surface area contributed by atoms with Gasteiger partial charge in [-0.2, -0.15) is 0 Å². The van der Waals surface area contributed by atoms with Crippen molar-refractivity contribution >= 4 is 44.3 Å². The van der Waals surface area contributed by atoms with E-state index in [0.29, 0.717) is 38.2 Å². The lowest BCUT2D eigenvalue weighted by molar-refractivity contribution is -0.132. The summed E-state index contributed by atoms with van der Waals surface area (Å²) in [5.74, 6) is 0.196. The first-order chi connectivity index (χ1) is 12.4. The summed E-state index contributed by atoms with van der Waals surface area (Å²) in [5, 5.41) is 3.71. The van der Waals surface area contributed by atoms with Crippen molar-refractivity contribution < 1.29 is 18.7 Å². The molecule has 0 aliphatic carbocycles. The monoisotopic (exact) mass is 418 g/mol. The number of nitrogens with zero attached hydrogens (tertiary/aromatic N) is 2. The molecule has 8 heteroatoms. The first kappa shape index (κ1) is 18.1.